The third-order valence-electron chi connectivity index (χ3n) is 6.31. The second kappa shape index (κ2) is 11.5. The summed E-state index contributed by atoms with van der Waals surface area (Å²) < 4.78 is 45.9. The fourth-order valence-corrected chi connectivity index (χ4v) is 6.32. The average molecular weight is 593 g/mol. The number of anilines is 2. The summed E-state index contributed by atoms with van der Waals surface area (Å²) in [6.07, 6.45) is -1.05. The molecule has 1 N–H and O–H groups in total. The third kappa shape index (κ3) is 5.57. The molecule has 0 aliphatic carbocycles. The monoisotopic (exact) mass is 592 g/mol. The Morgan fingerprint density at radius 2 is 1.66 bits per heavy atom. The maximum atomic E-state index is 14.2. The van der Waals surface area contributed by atoms with Gasteiger partial charge in [0.05, 0.1) is 25.0 Å². The first-order valence-corrected chi connectivity index (χ1v) is 14.4. The number of hydrogen-bond donors (Lipinski definition) is 1. The largest absolute Gasteiger partial charge is 0.495 e. The standard InChI is InChI=1S/C30H25ClN2O7S/c1-3-39-30(35)20-9-13-23(14-10-20)32-28(34)21-11-15-25-24(17-21)33(29(40-25)19-7-5-4-6-8-19)41(36,37)27-18-22(31)12-16-26(27)38-2/h4-18,29H,3H2,1-2H3,(H,32,34). The zero-order valence-electron chi connectivity index (χ0n) is 22.0. The van der Waals surface area contributed by atoms with Crippen molar-refractivity contribution in [3.63, 3.8) is 0 Å². The van der Waals surface area contributed by atoms with Crippen LogP contribution in [0.4, 0.5) is 11.4 Å². The number of amides is 1. The normalized spacial score (nSPS) is 14.1. The number of hydrogen-bond acceptors (Lipinski definition) is 7. The first kappa shape index (κ1) is 28.0. The van der Waals surface area contributed by atoms with Crippen molar-refractivity contribution < 1.29 is 32.2 Å². The van der Waals surface area contributed by atoms with E-state index >= 15 is 0 Å². The van der Waals surface area contributed by atoms with Crippen LogP contribution >= 0.6 is 11.6 Å². The number of carbonyl (C=O) groups excluding carboxylic acids is 2. The quantitative estimate of drug-likeness (QED) is 0.247. The van der Waals surface area contributed by atoms with Crippen LogP contribution < -0.4 is 19.1 Å². The smallest absolute Gasteiger partial charge is 0.338 e. The van der Waals surface area contributed by atoms with Gasteiger partial charge in [0.1, 0.15) is 16.4 Å². The van der Waals surface area contributed by atoms with Gasteiger partial charge in [-0.15, -0.1) is 0 Å². The molecule has 5 rings (SSSR count). The lowest BCUT2D eigenvalue weighted by Crippen LogP contribution is -2.34. The molecule has 4 aromatic rings. The Morgan fingerprint density at radius 1 is 0.951 bits per heavy atom. The number of sulfonamides is 1. The van der Waals surface area contributed by atoms with Gasteiger partial charge in [-0.1, -0.05) is 41.9 Å². The molecular formula is C30H25ClN2O7S. The van der Waals surface area contributed by atoms with Crippen LogP contribution in [-0.4, -0.2) is 34.0 Å². The summed E-state index contributed by atoms with van der Waals surface area (Å²) in [6, 6.07) is 24.0. The second-order valence-electron chi connectivity index (χ2n) is 8.91. The van der Waals surface area contributed by atoms with Crippen LogP contribution in [0.5, 0.6) is 11.5 Å². The van der Waals surface area contributed by atoms with Crippen LogP contribution in [0.2, 0.25) is 5.02 Å². The number of nitrogens with zero attached hydrogens (tertiary/aromatic N) is 1. The predicted molar refractivity (Wildman–Crippen MR) is 154 cm³/mol. The van der Waals surface area contributed by atoms with E-state index in [4.69, 9.17) is 25.8 Å². The zero-order valence-corrected chi connectivity index (χ0v) is 23.6. The van der Waals surface area contributed by atoms with E-state index in [0.717, 1.165) is 4.31 Å². The zero-order chi connectivity index (χ0) is 29.1. The van der Waals surface area contributed by atoms with Gasteiger partial charge >= 0.3 is 5.97 Å². The predicted octanol–water partition coefficient (Wildman–Crippen LogP) is 6.06. The Hall–Kier alpha value is -4.54. The molecule has 0 radical (unpaired) electrons. The minimum atomic E-state index is -4.31. The van der Waals surface area contributed by atoms with Crippen LogP contribution in [0.25, 0.3) is 0 Å². The Bertz CT molecular complexity index is 1710. The lowest BCUT2D eigenvalue weighted by Gasteiger charge is -2.26. The molecule has 1 aliphatic heterocycles. The van der Waals surface area contributed by atoms with Gasteiger partial charge in [-0.25, -0.2) is 17.5 Å². The highest BCUT2D eigenvalue weighted by Crippen LogP contribution is 2.48. The van der Waals surface area contributed by atoms with E-state index in [0.29, 0.717) is 16.8 Å². The molecule has 1 atom stereocenters. The first-order chi connectivity index (χ1) is 19.7. The molecule has 1 amide bonds. The molecule has 0 saturated carbocycles. The van der Waals surface area contributed by atoms with Crippen molar-refractivity contribution in [2.75, 3.05) is 23.3 Å². The molecule has 0 bridgehead atoms. The van der Waals surface area contributed by atoms with Gasteiger partial charge in [0.15, 0.2) is 0 Å². The summed E-state index contributed by atoms with van der Waals surface area (Å²) in [5.74, 6) is -0.569. The summed E-state index contributed by atoms with van der Waals surface area (Å²) in [7, 11) is -2.94. The number of methoxy groups -OCH3 is 1. The van der Waals surface area contributed by atoms with Crippen LogP contribution in [0.3, 0.4) is 0 Å². The van der Waals surface area contributed by atoms with Gasteiger partial charge in [0.2, 0.25) is 6.23 Å². The van der Waals surface area contributed by atoms with Gasteiger partial charge in [-0.3, -0.25) is 4.79 Å². The second-order valence-corrected chi connectivity index (χ2v) is 11.1. The third-order valence-corrected chi connectivity index (χ3v) is 8.33. The van der Waals surface area contributed by atoms with Crippen molar-refractivity contribution in [3.8, 4) is 11.5 Å². The summed E-state index contributed by atoms with van der Waals surface area (Å²) in [5, 5.41) is 2.98. The van der Waals surface area contributed by atoms with Crippen molar-refractivity contribution in [2.24, 2.45) is 0 Å². The molecule has 0 spiro atoms. The molecule has 11 heteroatoms. The molecule has 1 unspecified atom stereocenters. The van der Waals surface area contributed by atoms with Crippen LogP contribution in [0.1, 0.15) is 39.4 Å². The van der Waals surface area contributed by atoms with E-state index in [-0.39, 0.29) is 39.3 Å². The lowest BCUT2D eigenvalue weighted by atomic mass is 10.1. The minimum Gasteiger partial charge on any atom is -0.495 e. The number of nitrogens with one attached hydrogen (secondary N) is 1. The molecule has 9 nitrogen and oxygen atoms in total. The van der Waals surface area contributed by atoms with Crippen molar-refractivity contribution in [1.82, 2.24) is 0 Å². The maximum absolute atomic E-state index is 14.2. The number of esters is 1. The van der Waals surface area contributed by atoms with Crippen LogP contribution in [-0.2, 0) is 14.8 Å². The minimum absolute atomic E-state index is 0.106. The van der Waals surface area contributed by atoms with E-state index in [1.807, 2.05) is 6.07 Å². The fraction of sp³-hybridized carbons (Fsp3) is 0.133. The highest BCUT2D eigenvalue weighted by atomic mass is 35.5. The molecule has 1 aliphatic rings. The Balaban J connectivity index is 1.52. The summed E-state index contributed by atoms with van der Waals surface area (Å²) in [5.41, 5.74) is 1.74. The van der Waals surface area contributed by atoms with Crippen molar-refractivity contribution in [3.05, 3.63) is 113 Å². The summed E-state index contributed by atoms with van der Waals surface area (Å²) >= 11 is 6.18. The molecule has 4 aromatic carbocycles. The van der Waals surface area contributed by atoms with Crippen molar-refractivity contribution in [2.45, 2.75) is 18.0 Å². The Morgan fingerprint density at radius 3 is 2.34 bits per heavy atom. The SMILES string of the molecule is CCOC(=O)c1ccc(NC(=O)c2ccc3c(c2)N(S(=O)(=O)c2cc(Cl)ccc2OC)C(c2ccccc2)O3)cc1. The number of rotatable bonds is 8. The highest BCUT2D eigenvalue weighted by molar-refractivity contribution is 7.93. The number of halogens is 1. The number of fused-ring (bicyclic) bond motifs is 1. The van der Waals surface area contributed by atoms with Gasteiger partial charge in [-0.05, 0) is 67.6 Å². The van der Waals surface area contributed by atoms with E-state index < -0.39 is 28.1 Å². The van der Waals surface area contributed by atoms with Crippen molar-refractivity contribution >= 4 is 44.9 Å². The Kier molecular flexibility index (Phi) is 7.87. The lowest BCUT2D eigenvalue weighted by molar-refractivity contribution is 0.0526. The van der Waals surface area contributed by atoms with Gasteiger partial charge < -0.3 is 19.5 Å². The highest BCUT2D eigenvalue weighted by Gasteiger charge is 2.42. The van der Waals surface area contributed by atoms with Crippen LogP contribution in [0, 0.1) is 0 Å². The topological polar surface area (TPSA) is 111 Å². The molecular weight excluding hydrogens is 568 g/mol. The van der Waals surface area contributed by atoms with E-state index in [1.165, 1.54) is 31.4 Å². The summed E-state index contributed by atoms with van der Waals surface area (Å²) in [6.45, 7) is 1.97. The van der Waals surface area contributed by atoms with Crippen LogP contribution in [0.15, 0.2) is 95.9 Å². The number of ether oxygens (including phenoxy) is 3. The summed E-state index contributed by atoms with van der Waals surface area (Å²) in [4.78, 5) is 25.0. The van der Waals surface area contributed by atoms with Gasteiger partial charge in [-0.2, -0.15) is 0 Å². The molecule has 41 heavy (non-hydrogen) atoms. The Labute approximate surface area is 242 Å². The number of carbonyl (C=O) groups is 2. The fourth-order valence-electron chi connectivity index (χ4n) is 4.37. The number of benzene rings is 4. The molecule has 210 valence electrons. The van der Waals surface area contributed by atoms with E-state index in [2.05, 4.69) is 5.32 Å². The first-order valence-electron chi connectivity index (χ1n) is 12.5. The van der Waals surface area contributed by atoms with Crippen molar-refractivity contribution in [1.29, 1.82) is 0 Å². The molecule has 0 aromatic heterocycles. The van der Waals surface area contributed by atoms with Gasteiger partial charge in [0, 0.05) is 21.8 Å². The van der Waals surface area contributed by atoms with E-state index in [9.17, 15) is 18.0 Å². The molecule has 1 heterocycles. The van der Waals surface area contributed by atoms with Gasteiger partial charge in [0.25, 0.3) is 15.9 Å². The molecule has 0 saturated heterocycles. The average Bonchev–Trinajstić information content (AvgIpc) is 3.38. The molecule has 0 fully saturated rings. The maximum Gasteiger partial charge on any atom is 0.338 e. The van der Waals surface area contributed by atoms with E-state index in [1.54, 1.807) is 67.6 Å².